The second-order valence-corrected chi connectivity index (χ2v) is 8.14. The standard InChI is InChI=1S/C17H27N3O5S/c1-18-26(22,23)13-9-14(16(25-4)15(10-13)24-3)17(21)19-11-12-7-5-6-8-20(12)2/h9-10,12,18H,5-8,11H2,1-4H3,(H,19,21)/t12-/m0/s1. The van der Waals surface area contributed by atoms with Gasteiger partial charge >= 0.3 is 0 Å². The van der Waals surface area contributed by atoms with E-state index in [2.05, 4.69) is 14.9 Å². The third-order valence-electron chi connectivity index (χ3n) is 4.70. The molecule has 0 aliphatic carbocycles. The first-order valence-electron chi connectivity index (χ1n) is 8.52. The third kappa shape index (κ3) is 4.46. The number of amides is 1. The maximum absolute atomic E-state index is 12.7. The number of ether oxygens (including phenoxy) is 2. The van der Waals surface area contributed by atoms with Crippen molar-refractivity contribution in [1.29, 1.82) is 0 Å². The van der Waals surface area contributed by atoms with Crippen molar-refractivity contribution in [1.82, 2.24) is 14.9 Å². The highest BCUT2D eigenvalue weighted by Crippen LogP contribution is 2.34. The fraction of sp³-hybridized carbons (Fsp3) is 0.588. The Balaban J connectivity index is 2.30. The Bertz CT molecular complexity index is 751. The SMILES string of the molecule is CNS(=O)(=O)c1cc(OC)c(OC)c(C(=O)NC[C@@H]2CCCCN2C)c1. The smallest absolute Gasteiger partial charge is 0.255 e. The first-order valence-corrected chi connectivity index (χ1v) is 10.0. The number of hydrogen-bond donors (Lipinski definition) is 2. The minimum Gasteiger partial charge on any atom is -0.493 e. The monoisotopic (exact) mass is 385 g/mol. The first kappa shape index (κ1) is 20.5. The molecule has 0 aromatic heterocycles. The van der Waals surface area contributed by atoms with Crippen LogP contribution in [0.4, 0.5) is 0 Å². The molecule has 0 bridgehead atoms. The number of benzene rings is 1. The van der Waals surface area contributed by atoms with Gasteiger partial charge < -0.3 is 19.7 Å². The molecule has 0 unspecified atom stereocenters. The number of likely N-dealkylation sites (tertiary alicyclic amines) is 1. The highest BCUT2D eigenvalue weighted by molar-refractivity contribution is 7.89. The number of piperidine rings is 1. The fourth-order valence-corrected chi connectivity index (χ4v) is 3.86. The summed E-state index contributed by atoms with van der Waals surface area (Å²) in [5.41, 5.74) is 0.124. The second-order valence-electron chi connectivity index (χ2n) is 6.25. The van der Waals surface area contributed by atoms with Crippen molar-refractivity contribution >= 4 is 15.9 Å². The van der Waals surface area contributed by atoms with Crippen LogP contribution in [0.15, 0.2) is 17.0 Å². The van der Waals surface area contributed by atoms with Gasteiger partial charge in [-0.2, -0.15) is 0 Å². The van der Waals surface area contributed by atoms with Crippen LogP contribution in [-0.2, 0) is 10.0 Å². The summed E-state index contributed by atoms with van der Waals surface area (Å²) in [7, 11) is 2.43. The van der Waals surface area contributed by atoms with Crippen molar-refractivity contribution in [2.45, 2.75) is 30.2 Å². The fourth-order valence-electron chi connectivity index (χ4n) is 3.09. The minimum absolute atomic E-state index is 0.0578. The van der Waals surface area contributed by atoms with Gasteiger partial charge in [-0.05, 0) is 39.5 Å². The number of methoxy groups -OCH3 is 2. The van der Waals surface area contributed by atoms with E-state index in [-0.39, 0.29) is 28.0 Å². The number of rotatable bonds is 7. The second kappa shape index (κ2) is 8.70. The predicted octanol–water partition coefficient (Wildman–Crippen LogP) is 0.826. The van der Waals surface area contributed by atoms with Gasteiger partial charge in [0.15, 0.2) is 11.5 Å². The molecule has 9 heteroatoms. The van der Waals surface area contributed by atoms with Crippen molar-refractivity contribution in [2.75, 3.05) is 41.4 Å². The van der Waals surface area contributed by atoms with Crippen LogP contribution in [-0.4, -0.2) is 66.7 Å². The van der Waals surface area contributed by atoms with Gasteiger partial charge in [-0.3, -0.25) is 4.79 Å². The van der Waals surface area contributed by atoms with E-state index >= 15 is 0 Å². The van der Waals surface area contributed by atoms with Crippen molar-refractivity contribution < 1.29 is 22.7 Å². The van der Waals surface area contributed by atoms with Crippen LogP contribution >= 0.6 is 0 Å². The van der Waals surface area contributed by atoms with Gasteiger partial charge in [0, 0.05) is 18.7 Å². The molecule has 26 heavy (non-hydrogen) atoms. The van der Waals surface area contributed by atoms with Gasteiger partial charge in [0.1, 0.15) is 0 Å². The number of nitrogens with zero attached hydrogens (tertiary/aromatic N) is 1. The van der Waals surface area contributed by atoms with Gasteiger partial charge in [0.05, 0.1) is 24.7 Å². The quantitative estimate of drug-likeness (QED) is 0.722. The summed E-state index contributed by atoms with van der Waals surface area (Å²) >= 11 is 0. The van der Waals surface area contributed by atoms with Crippen LogP contribution in [0.25, 0.3) is 0 Å². The van der Waals surface area contributed by atoms with Gasteiger partial charge in [-0.15, -0.1) is 0 Å². The lowest BCUT2D eigenvalue weighted by atomic mass is 10.0. The summed E-state index contributed by atoms with van der Waals surface area (Å²) in [5.74, 6) is -0.00640. The van der Waals surface area contributed by atoms with Gasteiger partial charge in [-0.25, -0.2) is 13.1 Å². The van der Waals surface area contributed by atoms with Gasteiger partial charge in [0.2, 0.25) is 10.0 Å². The number of likely N-dealkylation sites (N-methyl/N-ethyl adjacent to an activating group) is 1. The van der Waals surface area contributed by atoms with Crippen LogP contribution in [0.3, 0.4) is 0 Å². The highest BCUT2D eigenvalue weighted by atomic mass is 32.2. The lowest BCUT2D eigenvalue weighted by Gasteiger charge is -2.32. The van der Waals surface area contributed by atoms with Crippen LogP contribution in [0.5, 0.6) is 11.5 Å². The highest BCUT2D eigenvalue weighted by Gasteiger charge is 2.25. The first-order chi connectivity index (χ1) is 12.3. The molecule has 0 spiro atoms. The zero-order valence-electron chi connectivity index (χ0n) is 15.7. The van der Waals surface area contributed by atoms with E-state index in [4.69, 9.17) is 9.47 Å². The molecule has 0 radical (unpaired) electrons. The number of nitrogens with one attached hydrogen (secondary N) is 2. The Morgan fingerprint density at radius 1 is 1.27 bits per heavy atom. The predicted molar refractivity (Wildman–Crippen MR) is 98.4 cm³/mol. The van der Waals surface area contributed by atoms with Crippen molar-refractivity contribution in [2.24, 2.45) is 0 Å². The Morgan fingerprint density at radius 3 is 2.58 bits per heavy atom. The minimum atomic E-state index is -3.73. The molecule has 2 N–H and O–H groups in total. The largest absolute Gasteiger partial charge is 0.493 e. The topological polar surface area (TPSA) is 97.0 Å². The molecule has 1 amide bonds. The lowest BCUT2D eigenvalue weighted by Crippen LogP contribution is -2.44. The van der Waals surface area contributed by atoms with E-state index in [1.54, 1.807) is 0 Å². The molecular formula is C17H27N3O5S. The summed E-state index contributed by atoms with van der Waals surface area (Å²) in [6, 6.07) is 2.90. The average Bonchev–Trinajstić information content (AvgIpc) is 2.65. The van der Waals surface area contributed by atoms with Crippen molar-refractivity contribution in [3.63, 3.8) is 0 Å². The Hall–Kier alpha value is -1.84. The number of hydrogen-bond acceptors (Lipinski definition) is 6. The van der Waals surface area contributed by atoms with E-state index in [1.807, 2.05) is 7.05 Å². The zero-order chi connectivity index (χ0) is 19.3. The molecule has 1 aromatic carbocycles. The van der Waals surface area contributed by atoms with E-state index in [9.17, 15) is 13.2 Å². The van der Waals surface area contributed by atoms with Crippen LogP contribution in [0, 0.1) is 0 Å². The Kier molecular flexibility index (Phi) is 6.85. The molecule has 1 fully saturated rings. The van der Waals surface area contributed by atoms with Gasteiger partial charge in [-0.1, -0.05) is 6.42 Å². The molecule has 1 atom stereocenters. The molecule has 2 rings (SSSR count). The van der Waals surface area contributed by atoms with E-state index in [1.165, 1.54) is 33.4 Å². The van der Waals surface area contributed by atoms with Crippen LogP contribution in [0.1, 0.15) is 29.6 Å². The number of carbonyl (C=O) groups is 1. The maximum atomic E-state index is 12.7. The Morgan fingerprint density at radius 2 is 2.00 bits per heavy atom. The molecule has 1 aliphatic heterocycles. The lowest BCUT2D eigenvalue weighted by molar-refractivity contribution is 0.0924. The zero-order valence-corrected chi connectivity index (χ0v) is 16.5. The molecule has 1 aliphatic rings. The molecule has 1 saturated heterocycles. The van der Waals surface area contributed by atoms with Crippen LogP contribution in [0.2, 0.25) is 0 Å². The summed E-state index contributed by atoms with van der Waals surface area (Å²) in [4.78, 5) is 14.9. The average molecular weight is 385 g/mol. The number of sulfonamides is 1. The van der Waals surface area contributed by atoms with Crippen LogP contribution < -0.4 is 19.5 Å². The summed E-state index contributed by atoms with van der Waals surface area (Å²) < 4.78 is 37.0. The summed E-state index contributed by atoms with van der Waals surface area (Å²) in [6.45, 7) is 1.50. The van der Waals surface area contributed by atoms with Crippen molar-refractivity contribution in [3.8, 4) is 11.5 Å². The van der Waals surface area contributed by atoms with Crippen molar-refractivity contribution in [3.05, 3.63) is 17.7 Å². The third-order valence-corrected chi connectivity index (χ3v) is 6.09. The summed E-state index contributed by atoms with van der Waals surface area (Å²) in [6.07, 6.45) is 3.32. The molecule has 1 heterocycles. The molecule has 1 aromatic rings. The molecule has 0 saturated carbocycles. The Labute approximate surface area is 154 Å². The molecular weight excluding hydrogens is 358 g/mol. The van der Waals surface area contributed by atoms with E-state index in [0.717, 1.165) is 25.8 Å². The van der Waals surface area contributed by atoms with E-state index < -0.39 is 15.9 Å². The van der Waals surface area contributed by atoms with Gasteiger partial charge in [0.25, 0.3) is 5.91 Å². The summed E-state index contributed by atoms with van der Waals surface area (Å²) in [5, 5.41) is 2.89. The van der Waals surface area contributed by atoms with E-state index in [0.29, 0.717) is 6.54 Å². The number of carbonyl (C=O) groups excluding carboxylic acids is 1. The maximum Gasteiger partial charge on any atom is 0.255 e. The normalized spacial score (nSPS) is 18.4. The molecule has 146 valence electrons. The molecule has 8 nitrogen and oxygen atoms in total.